The van der Waals surface area contributed by atoms with Gasteiger partial charge in [-0.15, -0.1) is 0 Å². The molecule has 7 nitrogen and oxygen atoms in total. The fourth-order valence-electron chi connectivity index (χ4n) is 3.65. The third-order valence-electron chi connectivity index (χ3n) is 5.29. The van der Waals surface area contributed by atoms with E-state index in [0.717, 1.165) is 11.6 Å². The highest BCUT2D eigenvalue weighted by Crippen LogP contribution is 2.22. The molecule has 0 radical (unpaired) electrons. The van der Waals surface area contributed by atoms with E-state index in [-0.39, 0.29) is 24.4 Å². The first kappa shape index (κ1) is 18.4. The number of hydrogen-bond acceptors (Lipinski definition) is 3. The first-order valence-electron chi connectivity index (χ1n) is 9.19. The Balaban J connectivity index is 1.28. The summed E-state index contributed by atoms with van der Waals surface area (Å²) < 4.78 is 27.9. The van der Waals surface area contributed by atoms with Crippen LogP contribution in [0, 0.1) is 17.6 Å². The molecule has 0 spiro atoms. The third kappa shape index (κ3) is 3.44. The summed E-state index contributed by atoms with van der Waals surface area (Å²) in [5.41, 5.74) is 1.94. The molecule has 0 aliphatic carbocycles. The molecular weight excluding hydrogens is 368 g/mol. The lowest BCUT2D eigenvalue weighted by molar-refractivity contribution is 0.0740. The number of likely N-dealkylation sites (tertiary alicyclic amines) is 1. The van der Waals surface area contributed by atoms with Crippen LogP contribution in [0.4, 0.5) is 13.6 Å². The average Bonchev–Trinajstić information content (AvgIpc) is 3.05. The first-order valence-corrected chi connectivity index (χ1v) is 9.19. The summed E-state index contributed by atoms with van der Waals surface area (Å²) in [6, 6.07) is 3.69. The van der Waals surface area contributed by atoms with Gasteiger partial charge in [0.05, 0.1) is 12.7 Å². The van der Waals surface area contributed by atoms with Crippen molar-refractivity contribution in [3.05, 3.63) is 52.9 Å². The summed E-state index contributed by atoms with van der Waals surface area (Å²) in [7, 11) is 1.74. The summed E-state index contributed by atoms with van der Waals surface area (Å²) in [5, 5.41) is 7.04. The summed E-state index contributed by atoms with van der Waals surface area (Å²) in [6.45, 7) is 2.60. The highest BCUT2D eigenvalue weighted by atomic mass is 19.2. The van der Waals surface area contributed by atoms with Crippen molar-refractivity contribution in [1.29, 1.82) is 0 Å². The number of fused-ring (bicyclic) bond motifs is 1. The Labute approximate surface area is 160 Å². The van der Waals surface area contributed by atoms with Crippen LogP contribution in [-0.4, -0.2) is 58.2 Å². The van der Waals surface area contributed by atoms with E-state index in [1.54, 1.807) is 33.8 Å². The molecule has 2 aromatic rings. The van der Waals surface area contributed by atoms with Crippen LogP contribution < -0.4 is 5.32 Å². The second kappa shape index (κ2) is 7.21. The SMILES string of the molecule is CN1CCn2ncc(CNC(=O)N3CC(Cc4ccc(F)c(F)c4)C3)c2C1=O. The van der Waals surface area contributed by atoms with Gasteiger partial charge in [-0.2, -0.15) is 5.10 Å². The Bertz CT molecular complexity index is 923. The second-order valence-corrected chi connectivity index (χ2v) is 7.35. The van der Waals surface area contributed by atoms with E-state index in [2.05, 4.69) is 10.4 Å². The monoisotopic (exact) mass is 389 g/mol. The van der Waals surface area contributed by atoms with Gasteiger partial charge < -0.3 is 15.1 Å². The van der Waals surface area contributed by atoms with Crippen molar-refractivity contribution >= 4 is 11.9 Å². The highest BCUT2D eigenvalue weighted by molar-refractivity contribution is 5.94. The van der Waals surface area contributed by atoms with E-state index in [9.17, 15) is 18.4 Å². The van der Waals surface area contributed by atoms with Gasteiger partial charge >= 0.3 is 6.03 Å². The highest BCUT2D eigenvalue weighted by Gasteiger charge is 2.31. The molecule has 148 valence electrons. The van der Waals surface area contributed by atoms with Crippen molar-refractivity contribution < 1.29 is 18.4 Å². The maximum Gasteiger partial charge on any atom is 0.317 e. The van der Waals surface area contributed by atoms with Gasteiger partial charge in [0.25, 0.3) is 5.91 Å². The number of nitrogens with zero attached hydrogens (tertiary/aromatic N) is 4. The molecular formula is C19H21F2N5O2. The first-order chi connectivity index (χ1) is 13.4. The van der Waals surface area contributed by atoms with Crippen molar-refractivity contribution in [2.24, 2.45) is 5.92 Å². The van der Waals surface area contributed by atoms with Crippen molar-refractivity contribution in [3.8, 4) is 0 Å². The predicted octanol–water partition coefficient (Wildman–Crippen LogP) is 1.63. The van der Waals surface area contributed by atoms with Gasteiger partial charge in [0, 0.05) is 38.8 Å². The van der Waals surface area contributed by atoms with Crippen LogP contribution in [0.15, 0.2) is 24.4 Å². The molecule has 4 rings (SSSR count). The number of hydrogen-bond donors (Lipinski definition) is 1. The van der Waals surface area contributed by atoms with Gasteiger partial charge in [-0.3, -0.25) is 9.48 Å². The average molecular weight is 389 g/mol. The number of amides is 3. The normalized spacial score (nSPS) is 16.8. The summed E-state index contributed by atoms with van der Waals surface area (Å²) in [5.74, 6) is -1.58. The summed E-state index contributed by atoms with van der Waals surface area (Å²) in [4.78, 5) is 27.9. The van der Waals surface area contributed by atoms with E-state index in [1.165, 1.54) is 6.07 Å². The molecule has 0 bridgehead atoms. The van der Waals surface area contributed by atoms with Gasteiger partial charge in [0.15, 0.2) is 11.6 Å². The molecule has 0 atom stereocenters. The smallest absolute Gasteiger partial charge is 0.317 e. The quantitative estimate of drug-likeness (QED) is 0.864. The molecule has 1 fully saturated rings. The molecule has 28 heavy (non-hydrogen) atoms. The molecule has 1 aromatic heterocycles. The lowest BCUT2D eigenvalue weighted by Gasteiger charge is -2.39. The van der Waals surface area contributed by atoms with E-state index in [1.807, 2.05) is 0 Å². The van der Waals surface area contributed by atoms with Crippen LogP contribution in [0.25, 0.3) is 0 Å². The minimum atomic E-state index is -0.856. The van der Waals surface area contributed by atoms with Crippen LogP contribution in [0.5, 0.6) is 0 Å². The van der Waals surface area contributed by atoms with Crippen LogP contribution >= 0.6 is 0 Å². The third-order valence-corrected chi connectivity index (χ3v) is 5.29. The Morgan fingerprint density at radius 3 is 2.79 bits per heavy atom. The number of nitrogens with one attached hydrogen (secondary N) is 1. The zero-order valence-electron chi connectivity index (χ0n) is 15.5. The van der Waals surface area contributed by atoms with Crippen LogP contribution in [0.1, 0.15) is 21.6 Å². The van der Waals surface area contributed by atoms with Crippen LogP contribution in [-0.2, 0) is 19.5 Å². The zero-order chi connectivity index (χ0) is 19.8. The fourth-order valence-corrected chi connectivity index (χ4v) is 3.65. The lowest BCUT2D eigenvalue weighted by atomic mass is 9.92. The van der Waals surface area contributed by atoms with Crippen molar-refractivity contribution in [2.45, 2.75) is 19.5 Å². The topological polar surface area (TPSA) is 70.5 Å². The minimum absolute atomic E-state index is 0.0939. The molecule has 0 saturated carbocycles. The number of likely N-dealkylation sites (N-methyl/N-ethyl adjacent to an activating group) is 1. The van der Waals surface area contributed by atoms with E-state index < -0.39 is 11.6 Å². The number of halogens is 2. The molecule has 2 aliphatic heterocycles. The van der Waals surface area contributed by atoms with Crippen molar-refractivity contribution in [1.82, 2.24) is 24.9 Å². The van der Waals surface area contributed by atoms with Crippen molar-refractivity contribution in [2.75, 3.05) is 26.7 Å². The lowest BCUT2D eigenvalue weighted by Crippen LogP contribution is -2.54. The zero-order valence-corrected chi connectivity index (χ0v) is 15.5. The van der Waals surface area contributed by atoms with Crippen LogP contribution in [0.3, 0.4) is 0 Å². The van der Waals surface area contributed by atoms with Gasteiger partial charge in [0.1, 0.15) is 5.69 Å². The second-order valence-electron chi connectivity index (χ2n) is 7.35. The fraction of sp³-hybridized carbons (Fsp3) is 0.421. The number of rotatable bonds is 4. The molecule has 1 saturated heterocycles. The van der Waals surface area contributed by atoms with Gasteiger partial charge in [-0.05, 0) is 30.0 Å². The van der Waals surface area contributed by atoms with Gasteiger partial charge in [-0.25, -0.2) is 13.6 Å². The standard InChI is InChI=1S/C19H21F2N5O2/c1-24-4-5-26-17(18(24)27)14(9-23-26)8-22-19(28)25-10-13(11-25)6-12-2-3-15(20)16(21)7-12/h2-3,7,9,13H,4-6,8,10-11H2,1H3,(H,22,28). The molecule has 3 amide bonds. The Hall–Kier alpha value is -2.97. The maximum atomic E-state index is 13.3. The van der Waals surface area contributed by atoms with E-state index in [4.69, 9.17) is 0 Å². The Kier molecular flexibility index (Phi) is 4.74. The van der Waals surface area contributed by atoms with Gasteiger partial charge in [-0.1, -0.05) is 6.07 Å². The molecule has 1 N–H and O–H groups in total. The summed E-state index contributed by atoms with van der Waals surface area (Å²) >= 11 is 0. The number of aromatic nitrogens is 2. The molecule has 9 heteroatoms. The summed E-state index contributed by atoms with van der Waals surface area (Å²) in [6.07, 6.45) is 2.22. The van der Waals surface area contributed by atoms with E-state index in [0.29, 0.717) is 43.9 Å². The minimum Gasteiger partial charge on any atom is -0.339 e. The van der Waals surface area contributed by atoms with Crippen LogP contribution in [0.2, 0.25) is 0 Å². The molecule has 3 heterocycles. The van der Waals surface area contributed by atoms with E-state index >= 15 is 0 Å². The number of urea groups is 1. The number of benzene rings is 1. The maximum absolute atomic E-state index is 13.3. The van der Waals surface area contributed by atoms with Crippen molar-refractivity contribution in [3.63, 3.8) is 0 Å². The molecule has 0 unspecified atom stereocenters. The Morgan fingerprint density at radius 1 is 1.25 bits per heavy atom. The number of carbonyl (C=O) groups excluding carboxylic acids is 2. The molecule has 1 aromatic carbocycles. The predicted molar refractivity (Wildman–Crippen MR) is 96.5 cm³/mol. The Morgan fingerprint density at radius 2 is 2.04 bits per heavy atom. The largest absolute Gasteiger partial charge is 0.339 e. The van der Waals surface area contributed by atoms with Gasteiger partial charge in [0.2, 0.25) is 0 Å². The number of carbonyl (C=O) groups is 2. The molecule has 2 aliphatic rings.